The summed E-state index contributed by atoms with van der Waals surface area (Å²) in [6, 6.07) is 5.49. The second-order valence-corrected chi connectivity index (χ2v) is 8.60. The van der Waals surface area contributed by atoms with Crippen LogP contribution in [0.4, 0.5) is 28.6 Å². The number of ether oxygens (including phenoxy) is 2. The van der Waals surface area contributed by atoms with Crippen molar-refractivity contribution in [3.63, 3.8) is 0 Å². The molecular weight excluding hydrogens is 471 g/mol. The fraction of sp³-hybridized carbons (Fsp3) is 0.500. The summed E-state index contributed by atoms with van der Waals surface area (Å²) in [4.78, 5) is 29.5. The molecule has 1 atom stereocenters. The summed E-state index contributed by atoms with van der Waals surface area (Å²) < 4.78 is 53.7. The van der Waals surface area contributed by atoms with Gasteiger partial charge in [0.1, 0.15) is 31.2 Å². The normalized spacial score (nSPS) is 19.1. The first-order valence-corrected chi connectivity index (χ1v) is 11.2. The van der Waals surface area contributed by atoms with Crippen LogP contribution < -0.4 is 14.4 Å². The highest BCUT2D eigenvalue weighted by Gasteiger charge is 2.50. The Labute approximate surface area is 201 Å². The molecule has 13 heteroatoms. The predicted octanol–water partition coefficient (Wildman–Crippen LogP) is 3.17. The molecule has 192 valence electrons. The number of aryl methyl sites for hydroxylation is 1. The number of hydrogen-bond donors (Lipinski definition) is 0. The highest BCUT2D eigenvalue weighted by Crippen LogP contribution is 2.49. The van der Waals surface area contributed by atoms with E-state index in [9.17, 15) is 26.9 Å². The van der Waals surface area contributed by atoms with Crippen LogP contribution in [0.2, 0.25) is 0 Å². The van der Waals surface area contributed by atoms with Crippen molar-refractivity contribution < 1.29 is 40.9 Å². The van der Waals surface area contributed by atoms with Gasteiger partial charge >= 0.3 is 13.2 Å². The van der Waals surface area contributed by atoms with Crippen LogP contribution in [-0.2, 0) is 27.9 Å². The number of rotatable bonds is 7. The van der Waals surface area contributed by atoms with E-state index >= 15 is 0 Å². The zero-order chi connectivity index (χ0) is 25.8. The molecule has 2 aliphatic rings. The maximum Gasteiger partial charge on any atom is 0.673 e. The number of esters is 1. The molecule has 1 aromatic heterocycles. The summed E-state index contributed by atoms with van der Waals surface area (Å²) in [7, 11) is -2.38. The minimum Gasteiger partial charge on any atom is -0.458 e. The lowest BCUT2D eigenvalue weighted by molar-refractivity contribution is -0.671. The van der Waals surface area contributed by atoms with Crippen molar-refractivity contribution >= 4 is 30.5 Å². The van der Waals surface area contributed by atoms with Gasteiger partial charge in [-0.2, -0.15) is 0 Å². The summed E-state index contributed by atoms with van der Waals surface area (Å²) in [6.45, 7) is 4.21. The number of fused-ring (bicyclic) bond motifs is 3. The zero-order valence-electron chi connectivity index (χ0n) is 19.9. The Bertz CT molecular complexity index is 1060. The van der Waals surface area contributed by atoms with E-state index in [1.807, 2.05) is 45.9 Å². The molecule has 1 fully saturated rings. The number of aromatic nitrogens is 2. The van der Waals surface area contributed by atoms with Gasteiger partial charge in [0, 0.05) is 20.1 Å². The van der Waals surface area contributed by atoms with Gasteiger partial charge in [0.2, 0.25) is 12.2 Å². The largest absolute Gasteiger partial charge is 0.673 e. The van der Waals surface area contributed by atoms with Crippen molar-refractivity contribution in [1.82, 2.24) is 4.57 Å². The lowest BCUT2D eigenvalue weighted by Crippen LogP contribution is -2.59. The average Bonchev–Trinajstić information content (AvgIpc) is 3.28. The smallest absolute Gasteiger partial charge is 0.458 e. The number of carbonyl (C=O) groups is 2. The number of hydrogen-bond acceptors (Lipinski definition) is 5. The van der Waals surface area contributed by atoms with Gasteiger partial charge in [-0.1, -0.05) is 0 Å². The lowest BCUT2D eigenvalue weighted by Gasteiger charge is -2.45. The number of anilines is 2. The van der Waals surface area contributed by atoms with Crippen molar-refractivity contribution in [3.8, 4) is 0 Å². The highest BCUT2D eigenvalue weighted by molar-refractivity contribution is 6.50. The fourth-order valence-corrected chi connectivity index (χ4v) is 4.54. The lowest BCUT2D eigenvalue weighted by atomic mass is 9.96. The van der Waals surface area contributed by atoms with Crippen molar-refractivity contribution in [2.45, 2.75) is 38.4 Å². The Morgan fingerprint density at radius 1 is 1.17 bits per heavy atom. The van der Waals surface area contributed by atoms with E-state index in [0.29, 0.717) is 31.7 Å². The maximum absolute atomic E-state index is 12.8. The molecule has 1 saturated heterocycles. The Hall–Kier alpha value is -3.09. The first-order valence-electron chi connectivity index (χ1n) is 11.2. The van der Waals surface area contributed by atoms with E-state index in [1.54, 1.807) is 19.2 Å². The molecule has 0 saturated carbocycles. The van der Waals surface area contributed by atoms with Crippen LogP contribution in [0.3, 0.4) is 0 Å². The van der Waals surface area contributed by atoms with Crippen molar-refractivity contribution in [3.05, 3.63) is 42.5 Å². The molecule has 8 nitrogen and oxygen atoms in total. The molecule has 3 heterocycles. The number of carbonyl (C=O) groups excluding carboxylic acids is 2. The number of nitrogens with zero attached hydrogens (tertiary/aromatic N) is 4. The quantitative estimate of drug-likeness (QED) is 0.253. The second kappa shape index (κ2) is 10.7. The number of methoxy groups -OCH3 is 1. The highest BCUT2D eigenvalue weighted by atomic mass is 19.5. The Morgan fingerprint density at radius 2 is 1.89 bits per heavy atom. The summed E-state index contributed by atoms with van der Waals surface area (Å²) in [5.41, 5.74) is 1.77. The Balaban J connectivity index is 0.000000623. The van der Waals surface area contributed by atoms with E-state index in [-0.39, 0.29) is 18.5 Å². The third-order valence-corrected chi connectivity index (χ3v) is 6.02. The standard InChI is InChI=1S/C22H29N4O4.BF4/c1-22-8-4-5-20(27)26(22)19-15-17(6-7-18(19)25(22)12-13-29-3)21(28)30-14-11-24-10-9-23(2)16-24;2-1(3,4)5/h6-7,9-10,15-16H,4-5,8,11-14H2,1-3H3;/q+1;-1. The van der Waals surface area contributed by atoms with Gasteiger partial charge in [-0.15, -0.1) is 0 Å². The number of halogens is 4. The fourth-order valence-electron chi connectivity index (χ4n) is 4.54. The van der Waals surface area contributed by atoms with Gasteiger partial charge in [0.25, 0.3) is 0 Å². The molecule has 0 N–H and O–H groups in total. The monoisotopic (exact) mass is 500 g/mol. The van der Waals surface area contributed by atoms with Crippen LogP contribution in [0, 0.1) is 0 Å². The Kier molecular flexibility index (Phi) is 8.09. The van der Waals surface area contributed by atoms with Gasteiger partial charge in [0.15, 0.2) is 0 Å². The molecule has 35 heavy (non-hydrogen) atoms. The first kappa shape index (κ1) is 26.5. The van der Waals surface area contributed by atoms with E-state index in [4.69, 9.17) is 9.47 Å². The number of amides is 1. The third kappa shape index (κ3) is 6.33. The van der Waals surface area contributed by atoms with E-state index < -0.39 is 12.9 Å². The molecule has 4 rings (SSSR count). The van der Waals surface area contributed by atoms with Crippen LogP contribution in [0.15, 0.2) is 36.9 Å². The molecule has 2 aliphatic heterocycles. The van der Waals surface area contributed by atoms with Crippen molar-refractivity contribution in [2.24, 2.45) is 7.05 Å². The minimum absolute atomic E-state index is 0.0934. The maximum atomic E-state index is 12.8. The third-order valence-electron chi connectivity index (χ3n) is 6.02. The molecule has 1 unspecified atom stereocenters. The molecular formula is C22H29BF4N4O4. The number of benzene rings is 1. The molecule has 0 aliphatic carbocycles. The van der Waals surface area contributed by atoms with E-state index in [1.165, 1.54) is 0 Å². The number of imidazole rings is 1. The van der Waals surface area contributed by atoms with Crippen LogP contribution in [0.25, 0.3) is 0 Å². The molecule has 0 bridgehead atoms. The van der Waals surface area contributed by atoms with Gasteiger partial charge in [-0.25, -0.2) is 13.9 Å². The van der Waals surface area contributed by atoms with Crippen molar-refractivity contribution in [2.75, 3.05) is 36.7 Å². The summed E-state index contributed by atoms with van der Waals surface area (Å²) in [6.07, 6.45) is 8.06. The van der Waals surface area contributed by atoms with Gasteiger partial charge < -0.3 is 31.6 Å². The topological polar surface area (TPSA) is 67.9 Å². The van der Waals surface area contributed by atoms with Crippen molar-refractivity contribution in [1.29, 1.82) is 0 Å². The summed E-state index contributed by atoms with van der Waals surface area (Å²) in [5, 5.41) is 0. The van der Waals surface area contributed by atoms with Crippen LogP contribution in [0.1, 0.15) is 36.5 Å². The van der Waals surface area contributed by atoms with Crippen LogP contribution in [-0.4, -0.2) is 56.2 Å². The molecule has 2 aromatic rings. The summed E-state index contributed by atoms with van der Waals surface area (Å²) >= 11 is 0. The molecule has 0 spiro atoms. The predicted molar refractivity (Wildman–Crippen MR) is 121 cm³/mol. The molecule has 1 aromatic carbocycles. The zero-order valence-corrected chi connectivity index (χ0v) is 19.9. The van der Waals surface area contributed by atoms with Gasteiger partial charge in [0.05, 0.1) is 30.6 Å². The minimum atomic E-state index is -6.00. The SMILES string of the molecule is COCCN1c2ccc(C(=O)OCCn3cc[n+](C)c3)cc2N2C(=O)CCCC12C.F[B-](F)(F)F. The second-order valence-electron chi connectivity index (χ2n) is 8.60. The Morgan fingerprint density at radius 3 is 2.51 bits per heavy atom. The van der Waals surface area contributed by atoms with Gasteiger partial charge in [-0.3, -0.25) is 9.69 Å². The van der Waals surface area contributed by atoms with Gasteiger partial charge in [-0.05, 0) is 38.0 Å². The average molecular weight is 500 g/mol. The first-order chi connectivity index (χ1) is 16.4. The molecule has 0 radical (unpaired) electrons. The number of piperidine rings is 1. The van der Waals surface area contributed by atoms with E-state index in [0.717, 1.165) is 24.2 Å². The van der Waals surface area contributed by atoms with Crippen LogP contribution in [0.5, 0.6) is 0 Å². The molecule has 1 amide bonds. The summed E-state index contributed by atoms with van der Waals surface area (Å²) in [5.74, 6) is -0.285. The van der Waals surface area contributed by atoms with Crippen LogP contribution >= 0.6 is 0 Å². The van der Waals surface area contributed by atoms with E-state index in [2.05, 4.69) is 11.8 Å².